The highest BCUT2D eigenvalue weighted by Gasteiger charge is 2.31. The molecule has 0 spiro atoms. The number of benzene rings is 2. The largest absolute Gasteiger partial charge is 0.385 e. The second kappa shape index (κ2) is 10.6. The van der Waals surface area contributed by atoms with Crippen LogP contribution in [0.25, 0.3) is 22.7 Å². The molecule has 1 fully saturated rings. The molecule has 1 N–H and O–H groups in total. The number of carbonyl (C=O) groups excluding carboxylic acids is 1. The van der Waals surface area contributed by atoms with Crippen molar-refractivity contribution in [2.24, 2.45) is 0 Å². The Morgan fingerprint density at radius 2 is 1.92 bits per heavy atom. The minimum absolute atomic E-state index is 0.147. The molecule has 3 heterocycles. The zero-order valence-corrected chi connectivity index (χ0v) is 21.6. The maximum Gasteiger partial charge on any atom is 0.276 e. The Hall–Kier alpha value is -3.53. The molecule has 36 heavy (non-hydrogen) atoms. The maximum atomic E-state index is 13.2. The van der Waals surface area contributed by atoms with Gasteiger partial charge < -0.3 is 10.1 Å². The van der Waals surface area contributed by atoms with Crippen molar-refractivity contribution in [1.29, 1.82) is 0 Å². The van der Waals surface area contributed by atoms with Crippen LogP contribution >= 0.6 is 24.0 Å². The van der Waals surface area contributed by atoms with E-state index in [4.69, 9.17) is 22.1 Å². The topological polar surface area (TPSA) is 72.3 Å². The molecule has 2 aromatic heterocycles. The Bertz CT molecular complexity index is 1460. The molecule has 0 bridgehead atoms. The van der Waals surface area contributed by atoms with E-state index < -0.39 is 0 Å². The van der Waals surface area contributed by atoms with Crippen LogP contribution < -0.4 is 5.32 Å². The summed E-state index contributed by atoms with van der Waals surface area (Å²) in [6.45, 7) is 3.01. The van der Waals surface area contributed by atoms with Crippen molar-refractivity contribution in [3.8, 4) is 5.69 Å². The maximum absolute atomic E-state index is 13.2. The molecule has 0 radical (unpaired) electrons. The first-order valence-corrected chi connectivity index (χ1v) is 12.8. The molecule has 0 saturated carbocycles. The molecule has 4 aromatic rings. The Morgan fingerprint density at radius 1 is 1.11 bits per heavy atom. The van der Waals surface area contributed by atoms with Gasteiger partial charge in [-0.1, -0.05) is 48.2 Å². The van der Waals surface area contributed by atoms with Crippen molar-refractivity contribution < 1.29 is 9.53 Å². The van der Waals surface area contributed by atoms with Gasteiger partial charge in [0.1, 0.15) is 10.7 Å². The molecule has 9 heteroatoms. The van der Waals surface area contributed by atoms with Crippen LogP contribution in [-0.2, 0) is 9.53 Å². The fourth-order valence-corrected chi connectivity index (χ4v) is 5.53. The van der Waals surface area contributed by atoms with E-state index in [0.29, 0.717) is 30.4 Å². The third kappa shape index (κ3) is 4.77. The number of nitrogens with one attached hydrogen (secondary N) is 1. The van der Waals surface area contributed by atoms with Crippen LogP contribution in [0, 0.1) is 6.92 Å². The number of para-hydroxylation sites is 2. The number of pyridine rings is 1. The number of nitrogens with zero attached hydrogens (tertiary/aromatic N) is 4. The minimum atomic E-state index is -0.147. The van der Waals surface area contributed by atoms with Gasteiger partial charge in [0.25, 0.3) is 5.91 Å². The van der Waals surface area contributed by atoms with E-state index in [1.54, 1.807) is 30.0 Å². The predicted molar refractivity (Wildman–Crippen MR) is 146 cm³/mol. The first kappa shape index (κ1) is 24.2. The standard InChI is InChI=1S/C27H25N5O2S2/c1-18-21(17-22-25(33)31(27(35)29-22)15-8-16-34-2)26(32(30-18)20-11-4-3-5-12-20)36-23-13-6-9-19-10-7-14-28-24(19)23/h3-7,9-14,17H,8,15-16H2,1-2H3,(H,29,35)/b22-17+. The van der Waals surface area contributed by atoms with Gasteiger partial charge in [0.05, 0.1) is 16.9 Å². The highest BCUT2D eigenvalue weighted by atomic mass is 32.2. The predicted octanol–water partition coefficient (Wildman–Crippen LogP) is 4.97. The molecule has 0 atom stereocenters. The number of ether oxygens (including phenoxy) is 1. The average Bonchev–Trinajstić information content (AvgIpc) is 3.35. The van der Waals surface area contributed by atoms with Crippen molar-refractivity contribution >= 4 is 52.0 Å². The lowest BCUT2D eigenvalue weighted by atomic mass is 10.2. The van der Waals surface area contributed by atoms with Crippen molar-refractivity contribution in [3.63, 3.8) is 0 Å². The van der Waals surface area contributed by atoms with Crippen LogP contribution in [0.1, 0.15) is 17.7 Å². The summed E-state index contributed by atoms with van der Waals surface area (Å²) in [4.78, 5) is 20.4. The number of methoxy groups -OCH3 is 1. The summed E-state index contributed by atoms with van der Waals surface area (Å²) in [6.07, 6.45) is 4.36. The number of rotatable bonds is 8. The Balaban J connectivity index is 1.59. The molecular weight excluding hydrogens is 490 g/mol. The van der Waals surface area contributed by atoms with Gasteiger partial charge in [-0.3, -0.25) is 14.7 Å². The van der Waals surface area contributed by atoms with E-state index in [0.717, 1.165) is 37.8 Å². The number of aryl methyl sites for hydroxylation is 1. The van der Waals surface area contributed by atoms with Gasteiger partial charge in [-0.05, 0) is 55.9 Å². The summed E-state index contributed by atoms with van der Waals surface area (Å²) in [5, 5.41) is 10.3. The third-order valence-electron chi connectivity index (χ3n) is 5.85. The van der Waals surface area contributed by atoms with Crippen molar-refractivity contribution in [2.75, 3.05) is 20.3 Å². The number of hydrogen-bond acceptors (Lipinski definition) is 6. The summed E-state index contributed by atoms with van der Waals surface area (Å²) >= 11 is 7.02. The van der Waals surface area contributed by atoms with Crippen LogP contribution in [0.5, 0.6) is 0 Å². The summed E-state index contributed by atoms with van der Waals surface area (Å²) in [5.74, 6) is -0.147. The number of aromatic nitrogens is 3. The average molecular weight is 516 g/mol. The summed E-state index contributed by atoms with van der Waals surface area (Å²) in [5.41, 5.74) is 3.95. The third-order valence-corrected chi connectivity index (χ3v) is 7.30. The van der Waals surface area contributed by atoms with Crippen LogP contribution in [0.15, 0.2) is 82.5 Å². The second-order valence-corrected chi connectivity index (χ2v) is 9.69. The van der Waals surface area contributed by atoms with Gasteiger partial charge >= 0.3 is 0 Å². The molecule has 1 aliphatic heterocycles. The van der Waals surface area contributed by atoms with Crippen molar-refractivity contribution in [2.45, 2.75) is 23.3 Å². The lowest BCUT2D eigenvalue weighted by molar-refractivity contribution is -0.122. The molecule has 2 aromatic carbocycles. The monoisotopic (exact) mass is 515 g/mol. The fraction of sp³-hybridized carbons (Fsp3) is 0.185. The molecule has 7 nitrogen and oxygen atoms in total. The van der Waals surface area contributed by atoms with Gasteiger partial charge in [-0.15, -0.1) is 0 Å². The normalized spacial score (nSPS) is 14.7. The lowest BCUT2D eigenvalue weighted by Crippen LogP contribution is -2.32. The van der Waals surface area contributed by atoms with Gasteiger partial charge in [-0.2, -0.15) is 5.10 Å². The smallest absolute Gasteiger partial charge is 0.276 e. The van der Waals surface area contributed by atoms with E-state index in [2.05, 4.69) is 28.5 Å². The fourth-order valence-electron chi connectivity index (χ4n) is 4.08. The Kier molecular flexibility index (Phi) is 7.13. The summed E-state index contributed by atoms with van der Waals surface area (Å²) in [7, 11) is 1.64. The van der Waals surface area contributed by atoms with Crippen LogP contribution in [0.2, 0.25) is 0 Å². The molecule has 1 saturated heterocycles. The first-order chi connectivity index (χ1) is 17.6. The molecule has 1 amide bonds. The van der Waals surface area contributed by atoms with Gasteiger partial charge in [0.15, 0.2) is 5.11 Å². The zero-order valence-electron chi connectivity index (χ0n) is 20.0. The zero-order chi connectivity index (χ0) is 25.1. The van der Waals surface area contributed by atoms with Crippen molar-refractivity contribution in [3.05, 3.63) is 83.8 Å². The minimum Gasteiger partial charge on any atom is -0.385 e. The molecule has 5 rings (SSSR count). The molecule has 182 valence electrons. The highest BCUT2D eigenvalue weighted by molar-refractivity contribution is 7.99. The van der Waals surface area contributed by atoms with Gasteiger partial charge in [0.2, 0.25) is 0 Å². The van der Waals surface area contributed by atoms with Gasteiger partial charge in [0, 0.05) is 42.3 Å². The van der Waals surface area contributed by atoms with Crippen LogP contribution in [0.4, 0.5) is 0 Å². The quantitative estimate of drug-likeness (QED) is 0.202. The van der Waals surface area contributed by atoms with Gasteiger partial charge in [-0.25, -0.2) is 4.68 Å². The number of hydrogen-bond donors (Lipinski definition) is 1. The highest BCUT2D eigenvalue weighted by Crippen LogP contribution is 2.38. The van der Waals surface area contributed by atoms with E-state index >= 15 is 0 Å². The number of amides is 1. The summed E-state index contributed by atoms with van der Waals surface area (Å²) < 4.78 is 7.04. The SMILES string of the molecule is COCCCN1C(=O)/C(=C\c2c(C)nn(-c3ccccc3)c2Sc2cccc3cccnc23)NC1=S. The van der Waals surface area contributed by atoms with E-state index in [1.165, 1.54) is 0 Å². The van der Waals surface area contributed by atoms with E-state index in [1.807, 2.05) is 60.1 Å². The second-order valence-electron chi connectivity index (χ2n) is 8.28. The lowest BCUT2D eigenvalue weighted by Gasteiger charge is -2.13. The Labute approximate surface area is 219 Å². The van der Waals surface area contributed by atoms with Crippen LogP contribution in [0.3, 0.4) is 0 Å². The number of fused-ring (bicyclic) bond motifs is 1. The van der Waals surface area contributed by atoms with Crippen LogP contribution in [-0.4, -0.2) is 50.9 Å². The summed E-state index contributed by atoms with van der Waals surface area (Å²) in [6, 6.07) is 20.1. The number of carbonyl (C=O) groups is 1. The number of thiocarbonyl (C=S) groups is 1. The molecular formula is C27H25N5O2S2. The molecule has 1 aliphatic rings. The Morgan fingerprint density at radius 3 is 2.72 bits per heavy atom. The molecule has 0 unspecified atom stereocenters. The first-order valence-electron chi connectivity index (χ1n) is 11.6. The molecule has 0 aliphatic carbocycles. The van der Waals surface area contributed by atoms with E-state index in [9.17, 15) is 4.79 Å². The van der Waals surface area contributed by atoms with Crippen molar-refractivity contribution in [1.82, 2.24) is 25.0 Å². The van der Waals surface area contributed by atoms with E-state index in [-0.39, 0.29) is 5.91 Å².